The van der Waals surface area contributed by atoms with Gasteiger partial charge in [0.1, 0.15) is 11.8 Å². The van der Waals surface area contributed by atoms with Crippen LogP contribution >= 0.6 is 0 Å². The van der Waals surface area contributed by atoms with Gasteiger partial charge in [-0.2, -0.15) is 10.4 Å². The number of nitrogens with one attached hydrogen (secondary N) is 1. The Morgan fingerprint density at radius 3 is 2.62 bits per heavy atom. The summed E-state index contributed by atoms with van der Waals surface area (Å²) < 4.78 is 7.03. The second kappa shape index (κ2) is 7.99. The van der Waals surface area contributed by atoms with Crippen molar-refractivity contribution in [2.75, 3.05) is 6.61 Å². The number of carbonyl (C=O) groups is 1. The third kappa shape index (κ3) is 3.90. The molecule has 0 saturated carbocycles. The first-order valence-corrected chi connectivity index (χ1v) is 8.24. The first kappa shape index (κ1) is 17.2. The van der Waals surface area contributed by atoms with Gasteiger partial charge >= 0.3 is 0 Å². The summed E-state index contributed by atoms with van der Waals surface area (Å²) in [6.07, 6.45) is 3.32. The van der Waals surface area contributed by atoms with E-state index in [4.69, 9.17) is 4.74 Å². The zero-order valence-corrected chi connectivity index (χ0v) is 14.3. The predicted molar refractivity (Wildman–Crippen MR) is 97.0 cm³/mol. The lowest BCUT2D eigenvalue weighted by Crippen LogP contribution is -2.27. The third-order valence-electron chi connectivity index (χ3n) is 3.79. The summed E-state index contributed by atoms with van der Waals surface area (Å²) in [6.45, 7) is 2.46. The molecule has 0 aliphatic rings. The second-order valence-electron chi connectivity index (χ2n) is 5.55. The predicted octanol–water partition coefficient (Wildman–Crippen LogP) is 3.27. The standard InChI is InChI=1S/C20H18N4O2/c1-2-26-18-10-8-15(9-11-18)20(25)23-19(12-21)16-13-22-24(14-16)17-6-4-3-5-7-17/h3-11,13-14,19H,2H2,1H3,(H,23,25). The van der Waals surface area contributed by atoms with E-state index < -0.39 is 6.04 Å². The maximum atomic E-state index is 12.4. The molecule has 3 rings (SSSR count). The molecule has 0 aliphatic carbocycles. The van der Waals surface area contributed by atoms with Gasteiger partial charge in [-0.3, -0.25) is 4.79 Å². The molecular weight excluding hydrogens is 328 g/mol. The molecule has 6 nitrogen and oxygen atoms in total. The molecule has 0 fully saturated rings. The molecule has 0 bridgehead atoms. The molecule has 0 aliphatic heterocycles. The lowest BCUT2D eigenvalue weighted by atomic mass is 10.1. The largest absolute Gasteiger partial charge is 0.494 e. The zero-order valence-electron chi connectivity index (χ0n) is 14.3. The molecule has 1 N–H and O–H groups in total. The fourth-order valence-electron chi connectivity index (χ4n) is 2.48. The molecule has 6 heteroatoms. The number of amides is 1. The topological polar surface area (TPSA) is 79.9 Å². The Balaban J connectivity index is 1.72. The molecule has 3 aromatic rings. The van der Waals surface area contributed by atoms with Crippen LogP contribution in [0.3, 0.4) is 0 Å². The van der Waals surface area contributed by atoms with Gasteiger partial charge in [-0.25, -0.2) is 4.68 Å². The van der Waals surface area contributed by atoms with Gasteiger partial charge < -0.3 is 10.1 Å². The van der Waals surface area contributed by atoms with Gasteiger partial charge in [-0.15, -0.1) is 0 Å². The van der Waals surface area contributed by atoms with Crippen molar-refractivity contribution in [1.29, 1.82) is 5.26 Å². The molecule has 0 spiro atoms. The minimum Gasteiger partial charge on any atom is -0.494 e. The Morgan fingerprint density at radius 1 is 1.23 bits per heavy atom. The number of carbonyl (C=O) groups excluding carboxylic acids is 1. The summed E-state index contributed by atoms with van der Waals surface area (Å²) in [5.41, 5.74) is 1.97. The van der Waals surface area contributed by atoms with Crippen molar-refractivity contribution in [2.24, 2.45) is 0 Å². The maximum absolute atomic E-state index is 12.4. The molecule has 1 amide bonds. The van der Waals surface area contributed by atoms with E-state index in [1.807, 2.05) is 37.3 Å². The molecule has 1 aromatic heterocycles. The summed E-state index contributed by atoms with van der Waals surface area (Å²) in [6, 6.07) is 17.7. The Morgan fingerprint density at radius 2 is 1.96 bits per heavy atom. The van der Waals surface area contributed by atoms with Crippen LogP contribution in [-0.4, -0.2) is 22.3 Å². The van der Waals surface area contributed by atoms with Crippen LogP contribution in [0.2, 0.25) is 0 Å². The number of hydrogen-bond donors (Lipinski definition) is 1. The van der Waals surface area contributed by atoms with E-state index in [1.54, 1.807) is 41.3 Å². The number of hydrogen-bond acceptors (Lipinski definition) is 4. The number of para-hydroxylation sites is 1. The van der Waals surface area contributed by atoms with E-state index in [0.29, 0.717) is 23.5 Å². The Labute approximate surface area is 151 Å². The number of rotatable bonds is 6. The lowest BCUT2D eigenvalue weighted by Gasteiger charge is -2.10. The van der Waals surface area contributed by atoms with Crippen molar-refractivity contribution in [2.45, 2.75) is 13.0 Å². The number of nitrogens with zero attached hydrogens (tertiary/aromatic N) is 3. The van der Waals surface area contributed by atoms with E-state index in [1.165, 1.54) is 0 Å². The van der Waals surface area contributed by atoms with Crippen molar-refractivity contribution >= 4 is 5.91 Å². The normalized spacial score (nSPS) is 11.4. The van der Waals surface area contributed by atoms with E-state index in [-0.39, 0.29) is 5.91 Å². The van der Waals surface area contributed by atoms with Gasteiger partial charge in [0, 0.05) is 17.3 Å². The minimum atomic E-state index is -0.786. The first-order chi connectivity index (χ1) is 12.7. The number of nitriles is 1. The van der Waals surface area contributed by atoms with Crippen LogP contribution in [0.1, 0.15) is 28.9 Å². The monoisotopic (exact) mass is 346 g/mol. The average Bonchev–Trinajstić information content (AvgIpc) is 3.17. The van der Waals surface area contributed by atoms with Crippen molar-refractivity contribution in [3.8, 4) is 17.5 Å². The SMILES string of the molecule is CCOc1ccc(C(=O)NC(C#N)c2cnn(-c3ccccc3)c2)cc1. The number of ether oxygens (including phenoxy) is 1. The van der Waals surface area contributed by atoms with Crippen molar-refractivity contribution in [1.82, 2.24) is 15.1 Å². The van der Waals surface area contributed by atoms with Crippen LogP contribution in [0.15, 0.2) is 67.0 Å². The molecule has 0 radical (unpaired) electrons. The molecule has 1 unspecified atom stereocenters. The molecule has 0 saturated heterocycles. The van der Waals surface area contributed by atoms with Crippen LogP contribution in [0.4, 0.5) is 0 Å². The van der Waals surface area contributed by atoms with Crippen LogP contribution in [0.5, 0.6) is 5.75 Å². The summed E-state index contributed by atoms with van der Waals surface area (Å²) >= 11 is 0. The zero-order chi connectivity index (χ0) is 18.4. The number of aromatic nitrogens is 2. The molecule has 1 atom stereocenters. The fraction of sp³-hybridized carbons (Fsp3) is 0.150. The van der Waals surface area contributed by atoms with E-state index in [0.717, 1.165) is 5.69 Å². The van der Waals surface area contributed by atoms with E-state index in [2.05, 4.69) is 16.5 Å². The van der Waals surface area contributed by atoms with Crippen molar-refractivity contribution in [3.05, 3.63) is 78.1 Å². The van der Waals surface area contributed by atoms with Gasteiger partial charge in [0.2, 0.25) is 0 Å². The smallest absolute Gasteiger partial charge is 0.252 e. The van der Waals surface area contributed by atoms with Gasteiger partial charge in [-0.05, 0) is 43.3 Å². The second-order valence-corrected chi connectivity index (χ2v) is 5.55. The molecule has 130 valence electrons. The quantitative estimate of drug-likeness (QED) is 0.743. The van der Waals surface area contributed by atoms with Crippen LogP contribution in [0, 0.1) is 11.3 Å². The molecular formula is C20H18N4O2. The maximum Gasteiger partial charge on any atom is 0.252 e. The summed E-state index contributed by atoms with van der Waals surface area (Å²) in [5.74, 6) is 0.372. The highest BCUT2D eigenvalue weighted by Crippen LogP contribution is 2.16. The average molecular weight is 346 g/mol. The third-order valence-corrected chi connectivity index (χ3v) is 3.79. The lowest BCUT2D eigenvalue weighted by molar-refractivity contribution is 0.0945. The molecule has 1 heterocycles. The van der Waals surface area contributed by atoms with Crippen LogP contribution in [0.25, 0.3) is 5.69 Å². The van der Waals surface area contributed by atoms with Gasteiger partial charge in [0.15, 0.2) is 0 Å². The van der Waals surface area contributed by atoms with Gasteiger partial charge in [0.25, 0.3) is 5.91 Å². The van der Waals surface area contributed by atoms with Gasteiger partial charge in [-0.1, -0.05) is 18.2 Å². The Bertz CT molecular complexity index is 911. The van der Waals surface area contributed by atoms with Crippen LogP contribution in [-0.2, 0) is 0 Å². The summed E-state index contributed by atoms with van der Waals surface area (Å²) in [5, 5.41) is 16.4. The highest BCUT2D eigenvalue weighted by molar-refractivity contribution is 5.94. The highest BCUT2D eigenvalue weighted by atomic mass is 16.5. The first-order valence-electron chi connectivity index (χ1n) is 8.24. The highest BCUT2D eigenvalue weighted by Gasteiger charge is 2.17. The Hall–Kier alpha value is -3.59. The molecule has 2 aromatic carbocycles. The van der Waals surface area contributed by atoms with Crippen LogP contribution < -0.4 is 10.1 Å². The number of benzene rings is 2. The summed E-state index contributed by atoms with van der Waals surface area (Å²) in [4.78, 5) is 12.4. The Kier molecular flexibility index (Phi) is 5.30. The summed E-state index contributed by atoms with van der Waals surface area (Å²) in [7, 11) is 0. The van der Waals surface area contributed by atoms with Gasteiger partial charge in [0.05, 0.1) is 24.6 Å². The fourth-order valence-corrected chi connectivity index (χ4v) is 2.48. The van der Waals surface area contributed by atoms with E-state index in [9.17, 15) is 10.1 Å². The van der Waals surface area contributed by atoms with Crippen molar-refractivity contribution < 1.29 is 9.53 Å². The van der Waals surface area contributed by atoms with E-state index >= 15 is 0 Å². The minimum absolute atomic E-state index is 0.327. The molecule has 26 heavy (non-hydrogen) atoms. The van der Waals surface area contributed by atoms with Crippen molar-refractivity contribution in [3.63, 3.8) is 0 Å².